The van der Waals surface area contributed by atoms with Gasteiger partial charge in [-0.2, -0.15) is 5.10 Å². The second-order valence-electron chi connectivity index (χ2n) is 9.78. The van der Waals surface area contributed by atoms with Gasteiger partial charge in [-0.25, -0.2) is 18.9 Å². The van der Waals surface area contributed by atoms with Crippen LogP contribution in [0.3, 0.4) is 0 Å². The van der Waals surface area contributed by atoms with Gasteiger partial charge in [-0.3, -0.25) is 13.7 Å². The van der Waals surface area contributed by atoms with Crippen molar-refractivity contribution < 1.29 is 32.4 Å². The van der Waals surface area contributed by atoms with E-state index in [0.717, 1.165) is 6.42 Å². The number of rotatable bonds is 12. The van der Waals surface area contributed by atoms with Crippen molar-refractivity contribution in [2.45, 2.75) is 85.0 Å². The number of aryl methyl sites for hydroxylation is 1. The van der Waals surface area contributed by atoms with E-state index in [0.29, 0.717) is 13.0 Å². The molecular weight excluding hydrogens is 461 g/mol. The Hall–Kier alpha value is -2.10. The summed E-state index contributed by atoms with van der Waals surface area (Å²) >= 11 is 0. The lowest BCUT2D eigenvalue weighted by atomic mass is 10.2. The highest BCUT2D eigenvalue weighted by atomic mass is 31.2. The Morgan fingerprint density at radius 2 is 1.56 bits per heavy atom. The van der Waals surface area contributed by atoms with Crippen LogP contribution in [-0.4, -0.2) is 44.5 Å². The molecule has 1 aromatic heterocycles. The molecule has 1 heterocycles. The molecule has 0 radical (unpaired) electrons. The average Bonchev–Trinajstić information content (AvgIpc) is 3.18. The van der Waals surface area contributed by atoms with Crippen LogP contribution in [0.25, 0.3) is 0 Å². The van der Waals surface area contributed by atoms with E-state index in [1.54, 1.807) is 82.9 Å². The third-order valence-corrected chi connectivity index (χ3v) is 6.05. The molecule has 34 heavy (non-hydrogen) atoms. The first kappa shape index (κ1) is 28.1. The van der Waals surface area contributed by atoms with E-state index < -0.39 is 31.0 Å². The lowest BCUT2D eigenvalue weighted by Crippen LogP contribution is -2.39. The number of hydrogen-bond donors (Lipinski definition) is 0. The maximum absolute atomic E-state index is 13.7. The quantitative estimate of drug-likeness (QED) is 0.166. The van der Waals surface area contributed by atoms with Gasteiger partial charge in [0.15, 0.2) is 0 Å². The van der Waals surface area contributed by atoms with E-state index in [9.17, 15) is 9.36 Å². The van der Waals surface area contributed by atoms with E-state index >= 15 is 0 Å². The Balaban J connectivity index is 2.18. The smallest absolute Gasteiger partial charge is 0.404 e. The Kier molecular flexibility index (Phi) is 9.56. The fourth-order valence-electron chi connectivity index (χ4n) is 2.79. The van der Waals surface area contributed by atoms with Crippen molar-refractivity contribution in [3.8, 4) is 0 Å². The minimum atomic E-state index is -4.25. The third-order valence-electron chi connectivity index (χ3n) is 3.95. The zero-order valence-corrected chi connectivity index (χ0v) is 21.9. The van der Waals surface area contributed by atoms with Gasteiger partial charge in [0.25, 0.3) is 0 Å². The van der Waals surface area contributed by atoms with Gasteiger partial charge in [0.05, 0.1) is 23.4 Å². The van der Waals surface area contributed by atoms with Crippen molar-refractivity contribution in [3.05, 3.63) is 48.5 Å². The summed E-state index contributed by atoms with van der Waals surface area (Å²) in [7, 11) is -4.25. The second kappa shape index (κ2) is 11.6. The van der Waals surface area contributed by atoms with Crippen LogP contribution in [0.5, 0.6) is 0 Å². The molecule has 0 N–H and O–H groups in total. The molecule has 0 spiro atoms. The predicted octanol–water partition coefficient (Wildman–Crippen LogP) is 5.36. The molecule has 1 unspecified atom stereocenters. The molecule has 0 aliphatic heterocycles. The SMILES string of the molecule is CC(C)(C)OP(=O)(OC(C)(C)C)OC(C)(OCCCCn1cncn1)OC(=O)c1ccccc1. The van der Waals surface area contributed by atoms with E-state index in [2.05, 4.69) is 10.1 Å². The lowest BCUT2D eigenvalue weighted by Gasteiger charge is -2.36. The fraction of sp³-hybridized carbons (Fsp3) is 0.609. The number of phosphoric acid groups is 1. The van der Waals surface area contributed by atoms with Gasteiger partial charge in [-0.15, -0.1) is 0 Å². The number of ether oxygens (including phenoxy) is 2. The number of aromatic nitrogens is 3. The summed E-state index contributed by atoms with van der Waals surface area (Å²) < 4.78 is 43.9. The van der Waals surface area contributed by atoms with Crippen molar-refractivity contribution in [2.24, 2.45) is 0 Å². The van der Waals surface area contributed by atoms with Crippen LogP contribution in [-0.2, 0) is 34.2 Å². The minimum absolute atomic E-state index is 0.151. The predicted molar refractivity (Wildman–Crippen MR) is 126 cm³/mol. The Bertz CT molecular complexity index is 920. The van der Waals surface area contributed by atoms with Gasteiger partial charge in [0.2, 0.25) is 0 Å². The van der Waals surface area contributed by atoms with Crippen molar-refractivity contribution in [2.75, 3.05) is 6.61 Å². The van der Waals surface area contributed by atoms with E-state index in [4.69, 9.17) is 23.0 Å². The Labute approximate surface area is 201 Å². The van der Waals surface area contributed by atoms with Crippen molar-refractivity contribution in [1.29, 1.82) is 0 Å². The molecule has 0 saturated carbocycles. The molecule has 0 aliphatic rings. The highest BCUT2D eigenvalue weighted by Gasteiger charge is 2.46. The largest absolute Gasteiger partial charge is 0.481 e. The summed E-state index contributed by atoms with van der Waals surface area (Å²) in [5.41, 5.74) is -1.46. The molecule has 1 atom stereocenters. The summed E-state index contributed by atoms with van der Waals surface area (Å²) in [6.45, 7) is 12.5. The van der Waals surface area contributed by atoms with Crippen LogP contribution in [0.4, 0.5) is 0 Å². The summed E-state index contributed by atoms with van der Waals surface area (Å²) in [4.78, 5) is 16.7. The monoisotopic (exact) mass is 497 g/mol. The van der Waals surface area contributed by atoms with Gasteiger partial charge >= 0.3 is 19.8 Å². The van der Waals surface area contributed by atoms with Crippen molar-refractivity contribution in [3.63, 3.8) is 0 Å². The van der Waals surface area contributed by atoms with Crippen LogP contribution in [0.1, 0.15) is 71.7 Å². The molecular formula is C23H36N3O7P. The Morgan fingerprint density at radius 3 is 2.09 bits per heavy atom. The van der Waals surface area contributed by atoms with Crippen LogP contribution < -0.4 is 0 Å². The van der Waals surface area contributed by atoms with Gasteiger partial charge in [-0.05, 0) is 66.5 Å². The molecule has 0 aliphatic carbocycles. The molecule has 1 aromatic carbocycles. The number of nitrogens with zero attached hydrogens (tertiary/aromatic N) is 3. The Morgan fingerprint density at radius 1 is 0.941 bits per heavy atom. The van der Waals surface area contributed by atoms with E-state index in [1.165, 1.54) is 13.3 Å². The summed E-state index contributed by atoms with van der Waals surface area (Å²) in [6, 6.07) is 8.38. The van der Waals surface area contributed by atoms with Crippen LogP contribution in [0.2, 0.25) is 0 Å². The van der Waals surface area contributed by atoms with Gasteiger partial charge in [-0.1, -0.05) is 18.2 Å². The zero-order chi connectivity index (χ0) is 25.5. The van der Waals surface area contributed by atoms with Crippen molar-refractivity contribution >= 4 is 13.8 Å². The summed E-state index contributed by atoms with van der Waals surface area (Å²) in [5, 5.41) is 4.05. The number of carbonyl (C=O) groups is 1. The summed E-state index contributed by atoms with van der Waals surface area (Å²) in [6.07, 6.45) is 4.40. The fourth-order valence-corrected chi connectivity index (χ4v) is 4.74. The normalized spacial score (nSPS) is 14.6. The third kappa shape index (κ3) is 10.4. The highest BCUT2D eigenvalue weighted by Crippen LogP contribution is 2.58. The first-order valence-corrected chi connectivity index (χ1v) is 12.6. The topological polar surface area (TPSA) is 111 Å². The summed E-state index contributed by atoms with van der Waals surface area (Å²) in [5.74, 6) is -2.74. The average molecular weight is 498 g/mol. The van der Waals surface area contributed by atoms with Gasteiger partial charge in [0, 0.05) is 13.5 Å². The number of benzene rings is 1. The van der Waals surface area contributed by atoms with Crippen LogP contribution in [0.15, 0.2) is 43.0 Å². The zero-order valence-electron chi connectivity index (χ0n) is 21.0. The molecule has 190 valence electrons. The first-order chi connectivity index (χ1) is 15.7. The molecule has 10 nitrogen and oxygen atoms in total. The number of phosphoric ester groups is 1. The molecule has 0 fully saturated rings. The van der Waals surface area contributed by atoms with Gasteiger partial charge in [0.1, 0.15) is 12.7 Å². The van der Waals surface area contributed by atoms with Crippen molar-refractivity contribution in [1.82, 2.24) is 14.8 Å². The first-order valence-electron chi connectivity index (χ1n) is 11.2. The molecule has 0 saturated heterocycles. The lowest BCUT2D eigenvalue weighted by molar-refractivity contribution is -0.313. The number of carbonyl (C=O) groups excluding carboxylic acids is 1. The number of hydrogen-bond acceptors (Lipinski definition) is 9. The molecule has 0 bridgehead atoms. The van der Waals surface area contributed by atoms with Crippen LogP contribution in [0, 0.1) is 0 Å². The number of unbranched alkanes of at least 4 members (excludes halogenated alkanes) is 1. The second-order valence-corrected chi connectivity index (χ2v) is 11.2. The van der Waals surface area contributed by atoms with Gasteiger partial charge < -0.3 is 9.47 Å². The maximum atomic E-state index is 13.7. The molecule has 2 aromatic rings. The highest BCUT2D eigenvalue weighted by molar-refractivity contribution is 7.48. The molecule has 2 rings (SSSR count). The minimum Gasteiger partial charge on any atom is -0.404 e. The maximum Gasteiger partial charge on any atom is 0.481 e. The molecule has 0 amide bonds. The van der Waals surface area contributed by atoms with E-state index in [1.807, 2.05) is 0 Å². The number of esters is 1. The van der Waals surface area contributed by atoms with Crippen LogP contribution >= 0.6 is 7.82 Å². The van der Waals surface area contributed by atoms with E-state index in [-0.39, 0.29) is 12.2 Å². The standard InChI is InChI=1S/C23H36N3O7P/c1-21(2,3)31-34(28,32-22(4,5)6)33-23(7,30-20(27)19-13-9-8-10-14-19)29-16-12-11-15-26-18-24-17-25-26/h8-10,13-14,17-18H,11-12,15-16H2,1-7H3. The molecule has 11 heteroatoms.